The predicted molar refractivity (Wildman–Crippen MR) is 35.2 cm³/mol. The molecule has 9 heavy (non-hydrogen) atoms. The Labute approximate surface area is 54.6 Å². The van der Waals surface area contributed by atoms with Gasteiger partial charge in [0, 0.05) is 6.54 Å². The Morgan fingerprint density at radius 3 is 2.22 bits per heavy atom. The third-order valence-electron chi connectivity index (χ3n) is 1.26. The van der Waals surface area contributed by atoms with Crippen LogP contribution in [-0.4, -0.2) is 12.5 Å². The van der Waals surface area contributed by atoms with Crippen LogP contribution in [0.5, 0.6) is 0 Å². The smallest absolute Gasteiger partial charge is 0.240 e. The molecule has 0 heterocycles. The molecule has 0 aliphatic carbocycles. The molecule has 0 spiro atoms. The van der Waals surface area contributed by atoms with Gasteiger partial charge < -0.3 is 5.73 Å². The number of nitrogens with two attached hydrogens (primary N) is 2. The monoisotopic (exact) mass is 131 g/mol. The van der Waals surface area contributed by atoms with Crippen LogP contribution in [0.25, 0.3) is 0 Å². The molecule has 4 nitrogen and oxygen atoms in total. The summed E-state index contributed by atoms with van der Waals surface area (Å²) in [6.45, 7) is 3.76. The van der Waals surface area contributed by atoms with E-state index in [1.165, 1.54) is 0 Å². The van der Waals surface area contributed by atoms with Crippen LogP contribution in [0.2, 0.25) is 0 Å². The summed E-state index contributed by atoms with van der Waals surface area (Å²) in [5.41, 5.74) is 6.76. The van der Waals surface area contributed by atoms with E-state index in [1.807, 2.05) is 5.43 Å². The summed E-state index contributed by atoms with van der Waals surface area (Å²) < 4.78 is 0. The highest BCUT2D eigenvalue weighted by molar-refractivity contribution is 5.81. The van der Waals surface area contributed by atoms with E-state index in [-0.39, 0.29) is 5.91 Å². The van der Waals surface area contributed by atoms with Gasteiger partial charge in [0.1, 0.15) is 0 Å². The van der Waals surface area contributed by atoms with E-state index in [9.17, 15) is 4.79 Å². The zero-order chi connectivity index (χ0) is 7.49. The molecular formula is C5H13N3O. The van der Waals surface area contributed by atoms with Gasteiger partial charge in [0.25, 0.3) is 0 Å². The molecule has 5 N–H and O–H groups in total. The number of rotatable bonds is 2. The quantitative estimate of drug-likeness (QED) is 0.254. The lowest BCUT2D eigenvalue weighted by atomic mass is 9.93. The minimum atomic E-state index is -0.547. The minimum Gasteiger partial charge on any atom is -0.329 e. The van der Waals surface area contributed by atoms with Crippen molar-refractivity contribution in [3.63, 3.8) is 0 Å². The summed E-state index contributed by atoms with van der Waals surface area (Å²) in [4.78, 5) is 10.7. The van der Waals surface area contributed by atoms with E-state index < -0.39 is 5.41 Å². The Bertz CT molecular complexity index is 111. The molecule has 0 aliphatic heterocycles. The van der Waals surface area contributed by atoms with Gasteiger partial charge in [-0.25, -0.2) is 5.84 Å². The molecule has 0 saturated heterocycles. The minimum absolute atomic E-state index is 0.231. The number of hydrazine groups is 1. The van der Waals surface area contributed by atoms with E-state index in [0.29, 0.717) is 6.54 Å². The van der Waals surface area contributed by atoms with Gasteiger partial charge in [-0.1, -0.05) is 0 Å². The Kier molecular flexibility index (Phi) is 2.61. The number of carbonyl (C=O) groups is 1. The van der Waals surface area contributed by atoms with Crippen LogP contribution < -0.4 is 17.0 Å². The summed E-state index contributed by atoms with van der Waals surface area (Å²) >= 11 is 0. The number of hydrogen-bond acceptors (Lipinski definition) is 3. The predicted octanol–water partition coefficient (Wildman–Crippen LogP) is -1.04. The van der Waals surface area contributed by atoms with Gasteiger partial charge >= 0.3 is 0 Å². The van der Waals surface area contributed by atoms with Crippen LogP contribution in [0.4, 0.5) is 0 Å². The van der Waals surface area contributed by atoms with Gasteiger partial charge in [-0.3, -0.25) is 10.2 Å². The molecule has 0 unspecified atom stereocenters. The van der Waals surface area contributed by atoms with Crippen molar-refractivity contribution in [2.24, 2.45) is 17.0 Å². The van der Waals surface area contributed by atoms with Gasteiger partial charge in [-0.2, -0.15) is 0 Å². The number of hydrogen-bond donors (Lipinski definition) is 3. The lowest BCUT2D eigenvalue weighted by molar-refractivity contribution is -0.128. The van der Waals surface area contributed by atoms with Gasteiger partial charge in [-0.15, -0.1) is 0 Å². The van der Waals surface area contributed by atoms with Gasteiger partial charge in [0.05, 0.1) is 5.41 Å². The topological polar surface area (TPSA) is 81.1 Å². The second-order valence-corrected chi connectivity index (χ2v) is 2.56. The van der Waals surface area contributed by atoms with E-state index >= 15 is 0 Å². The molecule has 54 valence electrons. The lowest BCUT2D eigenvalue weighted by Crippen LogP contribution is -2.44. The highest BCUT2D eigenvalue weighted by Gasteiger charge is 2.24. The third-order valence-corrected chi connectivity index (χ3v) is 1.26. The third kappa shape index (κ3) is 1.99. The Hall–Kier alpha value is -0.610. The first-order chi connectivity index (χ1) is 4.04. The van der Waals surface area contributed by atoms with Crippen molar-refractivity contribution < 1.29 is 4.79 Å². The molecule has 4 heteroatoms. The highest BCUT2D eigenvalue weighted by atomic mass is 16.2. The van der Waals surface area contributed by atoms with Crippen molar-refractivity contribution in [3.8, 4) is 0 Å². The van der Waals surface area contributed by atoms with Crippen LogP contribution in [0.15, 0.2) is 0 Å². The molecular weight excluding hydrogens is 118 g/mol. The Balaban J connectivity index is 3.97. The molecule has 1 amide bonds. The van der Waals surface area contributed by atoms with E-state index in [0.717, 1.165) is 0 Å². The maximum absolute atomic E-state index is 10.7. The maximum atomic E-state index is 10.7. The fourth-order valence-electron chi connectivity index (χ4n) is 0.288. The number of amides is 1. The van der Waals surface area contributed by atoms with Crippen LogP contribution in [0, 0.1) is 5.41 Å². The molecule has 0 fully saturated rings. The van der Waals surface area contributed by atoms with E-state index in [1.54, 1.807) is 13.8 Å². The first kappa shape index (κ1) is 8.39. The number of carbonyl (C=O) groups excluding carboxylic acids is 1. The second kappa shape index (κ2) is 2.80. The molecule has 0 aromatic carbocycles. The molecule has 0 aromatic rings. The Morgan fingerprint density at radius 1 is 1.67 bits per heavy atom. The number of nitrogens with one attached hydrogen (secondary N) is 1. The SMILES string of the molecule is CC(C)(CN)C(=O)NN. The second-order valence-electron chi connectivity index (χ2n) is 2.56. The summed E-state index contributed by atoms with van der Waals surface area (Å²) in [6.07, 6.45) is 0. The maximum Gasteiger partial charge on any atom is 0.240 e. The van der Waals surface area contributed by atoms with Crippen molar-refractivity contribution in [3.05, 3.63) is 0 Å². The fraction of sp³-hybridized carbons (Fsp3) is 0.800. The van der Waals surface area contributed by atoms with Crippen molar-refractivity contribution in [1.82, 2.24) is 5.43 Å². The highest BCUT2D eigenvalue weighted by Crippen LogP contribution is 2.10. The summed E-state index contributed by atoms with van der Waals surface area (Å²) in [5.74, 6) is 4.65. The zero-order valence-electron chi connectivity index (χ0n) is 5.77. The van der Waals surface area contributed by atoms with Crippen LogP contribution >= 0.6 is 0 Å². The molecule has 0 aliphatic rings. The molecule has 0 radical (unpaired) electrons. The average Bonchev–Trinajstić information content (AvgIpc) is 1.86. The van der Waals surface area contributed by atoms with Crippen molar-refractivity contribution in [1.29, 1.82) is 0 Å². The summed E-state index contributed by atoms with van der Waals surface area (Å²) in [6, 6.07) is 0. The lowest BCUT2D eigenvalue weighted by Gasteiger charge is -2.18. The van der Waals surface area contributed by atoms with Crippen molar-refractivity contribution in [2.75, 3.05) is 6.54 Å². The first-order valence-corrected chi connectivity index (χ1v) is 2.75. The molecule has 0 saturated carbocycles. The van der Waals surface area contributed by atoms with Gasteiger partial charge in [0.15, 0.2) is 0 Å². The zero-order valence-corrected chi connectivity index (χ0v) is 5.77. The standard InChI is InChI=1S/C5H13N3O/c1-5(2,3-6)4(9)8-7/h3,6-7H2,1-2H3,(H,8,9). The fourth-order valence-corrected chi connectivity index (χ4v) is 0.288. The molecule has 0 rings (SSSR count). The normalized spacial score (nSPS) is 11.1. The average molecular weight is 131 g/mol. The van der Waals surface area contributed by atoms with Gasteiger partial charge in [0.2, 0.25) is 5.91 Å². The van der Waals surface area contributed by atoms with Gasteiger partial charge in [-0.05, 0) is 13.8 Å². The van der Waals surface area contributed by atoms with Crippen LogP contribution in [0.3, 0.4) is 0 Å². The Morgan fingerprint density at radius 2 is 2.11 bits per heavy atom. The summed E-state index contributed by atoms with van der Waals surface area (Å²) in [5, 5.41) is 0. The van der Waals surface area contributed by atoms with Crippen molar-refractivity contribution >= 4 is 5.91 Å². The molecule has 0 atom stereocenters. The van der Waals surface area contributed by atoms with E-state index in [4.69, 9.17) is 11.6 Å². The largest absolute Gasteiger partial charge is 0.329 e. The van der Waals surface area contributed by atoms with Crippen LogP contribution in [-0.2, 0) is 4.79 Å². The summed E-state index contributed by atoms with van der Waals surface area (Å²) in [7, 11) is 0. The van der Waals surface area contributed by atoms with Crippen molar-refractivity contribution in [2.45, 2.75) is 13.8 Å². The van der Waals surface area contributed by atoms with E-state index in [2.05, 4.69) is 0 Å². The van der Waals surface area contributed by atoms with Crippen LogP contribution in [0.1, 0.15) is 13.8 Å². The first-order valence-electron chi connectivity index (χ1n) is 2.75. The molecule has 0 aromatic heterocycles. The molecule has 0 bridgehead atoms.